The van der Waals surface area contributed by atoms with E-state index in [2.05, 4.69) is 5.32 Å². The second-order valence-electron chi connectivity index (χ2n) is 6.70. The number of amides is 2. The number of nitrogens with zero attached hydrogens (tertiary/aromatic N) is 1. The number of nitrogens with two attached hydrogens (primary N) is 1. The maximum absolute atomic E-state index is 13.1. The van der Waals surface area contributed by atoms with Gasteiger partial charge in [-0.1, -0.05) is 23.7 Å². The van der Waals surface area contributed by atoms with E-state index in [-0.39, 0.29) is 24.2 Å². The fourth-order valence-electron chi connectivity index (χ4n) is 3.31. The fourth-order valence-corrected chi connectivity index (χ4v) is 3.44. The molecule has 144 valence electrons. The first kappa shape index (κ1) is 19.6. The molecule has 7 heteroatoms. The van der Waals surface area contributed by atoms with Gasteiger partial charge in [0.25, 0.3) is 5.91 Å². The van der Waals surface area contributed by atoms with Crippen molar-refractivity contribution in [2.24, 2.45) is 0 Å². The minimum absolute atomic E-state index is 0.0485. The highest BCUT2D eigenvalue weighted by Crippen LogP contribution is 2.36. The van der Waals surface area contributed by atoms with E-state index in [4.69, 9.17) is 22.7 Å². The lowest BCUT2D eigenvalue weighted by Crippen LogP contribution is -2.36. The number of carbonyl (C=O) groups is 2. The molecule has 1 unspecified atom stereocenters. The van der Waals surface area contributed by atoms with Gasteiger partial charge in [-0.25, -0.2) is 0 Å². The molecule has 0 aliphatic carbocycles. The Morgan fingerprint density at radius 1 is 1.29 bits per heavy atom. The predicted molar refractivity (Wildman–Crippen MR) is 112 cm³/mol. The number of hydrogen-bond donors (Lipinski definition) is 3. The largest absolute Gasteiger partial charge is 0.398 e. The standard InChI is InChI=1S/C21H21ClN4O2/c1-12-20(21(28)25-16-7-8-18(24)14(9-16)11-23)17(10-19(27)26(12)2)13-3-5-15(22)6-4-13/h3-9,11,17,23H,10,24H2,1-2H3,(H,25,28). The third kappa shape index (κ3) is 3.77. The summed E-state index contributed by atoms with van der Waals surface area (Å²) >= 11 is 5.98. The number of anilines is 2. The molecule has 4 N–H and O–H groups in total. The third-order valence-corrected chi connectivity index (χ3v) is 5.26. The summed E-state index contributed by atoms with van der Waals surface area (Å²) in [6.07, 6.45) is 1.34. The highest BCUT2D eigenvalue weighted by molar-refractivity contribution is 6.30. The van der Waals surface area contributed by atoms with Gasteiger partial charge in [0, 0.05) is 58.8 Å². The van der Waals surface area contributed by atoms with Crippen molar-refractivity contribution in [2.45, 2.75) is 19.3 Å². The van der Waals surface area contributed by atoms with Gasteiger partial charge >= 0.3 is 0 Å². The van der Waals surface area contributed by atoms with E-state index in [1.54, 1.807) is 44.3 Å². The van der Waals surface area contributed by atoms with E-state index in [0.717, 1.165) is 11.8 Å². The number of nitrogens with one attached hydrogen (secondary N) is 2. The van der Waals surface area contributed by atoms with E-state index in [1.807, 2.05) is 12.1 Å². The highest BCUT2D eigenvalue weighted by atomic mass is 35.5. The van der Waals surface area contributed by atoms with Crippen molar-refractivity contribution in [3.05, 3.63) is 69.9 Å². The van der Waals surface area contributed by atoms with Crippen LogP contribution in [-0.2, 0) is 9.59 Å². The molecule has 0 bridgehead atoms. The normalized spacial score (nSPS) is 16.9. The van der Waals surface area contributed by atoms with E-state index in [0.29, 0.717) is 33.2 Å². The lowest BCUT2D eigenvalue weighted by Gasteiger charge is -2.32. The zero-order valence-electron chi connectivity index (χ0n) is 15.6. The van der Waals surface area contributed by atoms with Gasteiger partial charge in [-0.15, -0.1) is 0 Å². The molecule has 2 aromatic carbocycles. The first-order valence-electron chi connectivity index (χ1n) is 8.76. The van der Waals surface area contributed by atoms with Crippen LogP contribution < -0.4 is 11.1 Å². The van der Waals surface area contributed by atoms with E-state index in [9.17, 15) is 9.59 Å². The zero-order valence-corrected chi connectivity index (χ0v) is 16.4. The van der Waals surface area contributed by atoms with Gasteiger partial charge in [-0.05, 0) is 42.8 Å². The van der Waals surface area contributed by atoms with E-state index in [1.165, 1.54) is 4.90 Å². The van der Waals surface area contributed by atoms with Crippen LogP contribution in [0.1, 0.15) is 30.4 Å². The number of allylic oxidation sites excluding steroid dienone is 1. The van der Waals surface area contributed by atoms with Crippen LogP contribution in [0.5, 0.6) is 0 Å². The molecule has 2 aromatic rings. The van der Waals surface area contributed by atoms with Crippen LogP contribution in [0, 0.1) is 5.41 Å². The quantitative estimate of drug-likeness (QED) is 0.541. The monoisotopic (exact) mass is 396 g/mol. The van der Waals surface area contributed by atoms with Crippen molar-refractivity contribution in [3.63, 3.8) is 0 Å². The SMILES string of the molecule is CC1=C(C(=O)Nc2ccc(N)c(C=N)c2)C(c2ccc(Cl)cc2)CC(=O)N1C. The van der Waals surface area contributed by atoms with Crippen LogP contribution in [0.25, 0.3) is 0 Å². The number of benzene rings is 2. The Morgan fingerprint density at radius 3 is 2.61 bits per heavy atom. The van der Waals surface area contributed by atoms with Gasteiger partial charge in [0.2, 0.25) is 5.91 Å². The number of halogens is 1. The number of carbonyl (C=O) groups excluding carboxylic acids is 2. The minimum Gasteiger partial charge on any atom is -0.398 e. The molecule has 0 radical (unpaired) electrons. The average molecular weight is 397 g/mol. The Bertz CT molecular complexity index is 982. The topological polar surface area (TPSA) is 99.3 Å². The summed E-state index contributed by atoms with van der Waals surface area (Å²) in [6.45, 7) is 1.76. The van der Waals surface area contributed by atoms with Crippen molar-refractivity contribution in [1.29, 1.82) is 5.41 Å². The summed E-state index contributed by atoms with van der Waals surface area (Å²) < 4.78 is 0. The fraction of sp³-hybridized carbons (Fsp3) is 0.190. The van der Waals surface area contributed by atoms with Gasteiger partial charge < -0.3 is 21.4 Å². The molecule has 28 heavy (non-hydrogen) atoms. The predicted octanol–water partition coefficient (Wildman–Crippen LogP) is 3.78. The van der Waals surface area contributed by atoms with Gasteiger partial charge in [-0.3, -0.25) is 9.59 Å². The van der Waals surface area contributed by atoms with Crippen LogP contribution >= 0.6 is 11.6 Å². The number of nitrogen functional groups attached to an aromatic ring is 1. The Balaban J connectivity index is 1.99. The maximum atomic E-state index is 13.1. The molecule has 2 amide bonds. The second-order valence-corrected chi connectivity index (χ2v) is 7.14. The van der Waals surface area contributed by atoms with Crippen LogP contribution in [0.4, 0.5) is 11.4 Å². The summed E-state index contributed by atoms with van der Waals surface area (Å²) in [5.74, 6) is -0.706. The zero-order chi connectivity index (χ0) is 20.4. The highest BCUT2D eigenvalue weighted by Gasteiger charge is 2.34. The maximum Gasteiger partial charge on any atom is 0.253 e. The van der Waals surface area contributed by atoms with Crippen LogP contribution in [0.15, 0.2) is 53.7 Å². The van der Waals surface area contributed by atoms with E-state index < -0.39 is 0 Å². The molecule has 0 aromatic heterocycles. The third-order valence-electron chi connectivity index (χ3n) is 5.01. The molecule has 0 spiro atoms. The molecule has 1 aliphatic rings. The van der Waals surface area contributed by atoms with Crippen molar-refractivity contribution in [1.82, 2.24) is 4.90 Å². The van der Waals surface area contributed by atoms with Gasteiger partial charge in [0.1, 0.15) is 0 Å². The number of rotatable bonds is 4. The molecule has 0 saturated heterocycles. The average Bonchev–Trinajstić information content (AvgIpc) is 2.67. The molecular weight excluding hydrogens is 376 g/mol. The summed E-state index contributed by atoms with van der Waals surface area (Å²) in [6, 6.07) is 12.1. The minimum atomic E-state index is -0.364. The number of hydrogen-bond acceptors (Lipinski definition) is 4. The Labute approximate surface area is 168 Å². The van der Waals surface area contributed by atoms with Crippen molar-refractivity contribution < 1.29 is 9.59 Å². The van der Waals surface area contributed by atoms with Crippen molar-refractivity contribution in [2.75, 3.05) is 18.1 Å². The summed E-state index contributed by atoms with van der Waals surface area (Å²) in [4.78, 5) is 27.0. The van der Waals surface area contributed by atoms with Gasteiger partial charge in [-0.2, -0.15) is 0 Å². The molecule has 0 fully saturated rings. The molecule has 6 nitrogen and oxygen atoms in total. The van der Waals surface area contributed by atoms with Crippen LogP contribution in [0.3, 0.4) is 0 Å². The van der Waals surface area contributed by atoms with Crippen LogP contribution in [0.2, 0.25) is 5.02 Å². The lowest BCUT2D eigenvalue weighted by atomic mass is 9.83. The smallest absolute Gasteiger partial charge is 0.253 e. The molecular formula is C21H21ClN4O2. The molecule has 1 heterocycles. The first-order valence-corrected chi connectivity index (χ1v) is 9.13. The van der Waals surface area contributed by atoms with Crippen molar-refractivity contribution >= 4 is 41.0 Å². The Morgan fingerprint density at radius 2 is 1.96 bits per heavy atom. The summed E-state index contributed by atoms with van der Waals surface area (Å²) in [5, 5.41) is 10.9. The van der Waals surface area contributed by atoms with Gasteiger partial charge in [0.05, 0.1) is 0 Å². The van der Waals surface area contributed by atoms with Crippen LogP contribution in [-0.4, -0.2) is 30.0 Å². The lowest BCUT2D eigenvalue weighted by molar-refractivity contribution is -0.129. The van der Waals surface area contributed by atoms with Crippen molar-refractivity contribution in [3.8, 4) is 0 Å². The molecule has 3 rings (SSSR count). The summed E-state index contributed by atoms with van der Waals surface area (Å²) in [7, 11) is 1.67. The Hall–Kier alpha value is -3.12. The first-order chi connectivity index (χ1) is 13.3. The molecule has 1 aliphatic heterocycles. The molecule has 1 atom stereocenters. The second kappa shape index (κ2) is 7.86. The molecule has 0 saturated carbocycles. The van der Waals surface area contributed by atoms with E-state index >= 15 is 0 Å². The van der Waals surface area contributed by atoms with Gasteiger partial charge in [0.15, 0.2) is 0 Å². The Kier molecular flexibility index (Phi) is 5.51. The summed E-state index contributed by atoms with van der Waals surface area (Å²) in [5.41, 5.74) is 9.32.